The molecule has 0 amide bonds. The standard InChI is InChI=1S/C16H13O4/c1-18-11-8-12(19-2)15-13(9-11)20-14(16(15)17)7-10-5-3-4-6-10/h3-9H,1-2H3/b14-7-. The predicted octanol–water partition coefficient (Wildman–Crippen LogP) is 2.57. The van der Waals surface area contributed by atoms with Gasteiger partial charge in [-0.05, 0) is 31.8 Å². The lowest BCUT2D eigenvalue weighted by Crippen LogP contribution is -2.02. The average Bonchev–Trinajstić information content (AvgIpc) is 3.07. The first-order valence-electron chi connectivity index (χ1n) is 6.15. The monoisotopic (exact) mass is 269 g/mol. The molecule has 0 spiro atoms. The molecular weight excluding hydrogens is 256 g/mol. The molecule has 1 heterocycles. The van der Waals surface area contributed by atoms with Gasteiger partial charge in [0.2, 0.25) is 5.78 Å². The first-order chi connectivity index (χ1) is 9.72. The first kappa shape index (κ1) is 13.0. The van der Waals surface area contributed by atoms with Gasteiger partial charge in [0.25, 0.3) is 0 Å². The lowest BCUT2D eigenvalue weighted by molar-refractivity contribution is 0.101. The van der Waals surface area contributed by atoms with Gasteiger partial charge >= 0.3 is 0 Å². The van der Waals surface area contributed by atoms with E-state index in [9.17, 15) is 4.79 Å². The fraction of sp³-hybridized carbons (Fsp3) is 0.125. The lowest BCUT2D eigenvalue weighted by atomic mass is 10.0. The van der Waals surface area contributed by atoms with E-state index in [1.807, 2.05) is 25.7 Å². The lowest BCUT2D eigenvalue weighted by Gasteiger charge is -2.07. The summed E-state index contributed by atoms with van der Waals surface area (Å²) in [7, 11) is 3.07. The van der Waals surface area contributed by atoms with E-state index < -0.39 is 0 Å². The maximum atomic E-state index is 12.4. The van der Waals surface area contributed by atoms with Crippen LogP contribution in [0.15, 0.2) is 24.0 Å². The van der Waals surface area contributed by atoms with Gasteiger partial charge in [-0.3, -0.25) is 4.79 Å². The molecule has 4 nitrogen and oxygen atoms in total. The number of ketones is 1. The minimum Gasteiger partial charge on any atom is -0.496 e. The molecule has 0 unspecified atom stereocenters. The highest BCUT2D eigenvalue weighted by Gasteiger charge is 2.33. The van der Waals surface area contributed by atoms with Crippen molar-refractivity contribution in [1.29, 1.82) is 0 Å². The molecule has 0 N–H and O–H groups in total. The average molecular weight is 269 g/mol. The third kappa shape index (κ3) is 2.15. The number of rotatable bonds is 3. The van der Waals surface area contributed by atoms with Crippen LogP contribution in [0.5, 0.6) is 17.2 Å². The summed E-state index contributed by atoms with van der Waals surface area (Å²) >= 11 is 0. The zero-order valence-electron chi connectivity index (χ0n) is 11.2. The number of carbonyl (C=O) groups is 1. The molecule has 0 atom stereocenters. The number of benzene rings is 1. The van der Waals surface area contributed by atoms with Crippen molar-refractivity contribution < 1.29 is 19.0 Å². The number of allylic oxidation sites excluding steroid dienone is 2. The van der Waals surface area contributed by atoms with E-state index in [1.165, 1.54) is 7.11 Å². The van der Waals surface area contributed by atoms with E-state index in [-0.39, 0.29) is 11.5 Å². The minimum absolute atomic E-state index is 0.180. The van der Waals surface area contributed by atoms with Crippen LogP contribution in [-0.4, -0.2) is 20.0 Å². The Labute approximate surface area is 118 Å². The molecule has 3 rings (SSSR count). The van der Waals surface area contributed by atoms with Crippen LogP contribution in [0, 0.1) is 31.6 Å². The van der Waals surface area contributed by atoms with Gasteiger partial charge < -0.3 is 14.2 Å². The number of ether oxygens (including phenoxy) is 3. The number of Topliss-reactive ketones (excluding diaryl/α,β-unsaturated/α-hetero) is 1. The van der Waals surface area contributed by atoms with Crippen LogP contribution >= 0.6 is 0 Å². The molecular formula is C16H13O4. The summed E-state index contributed by atoms with van der Waals surface area (Å²) in [6.07, 6.45) is 9.34. The fourth-order valence-corrected chi connectivity index (χ4v) is 2.17. The molecule has 1 aliphatic carbocycles. The van der Waals surface area contributed by atoms with E-state index in [1.54, 1.807) is 25.3 Å². The zero-order valence-corrected chi connectivity index (χ0v) is 11.2. The molecule has 20 heavy (non-hydrogen) atoms. The third-order valence-electron chi connectivity index (χ3n) is 3.15. The number of hydrogen-bond acceptors (Lipinski definition) is 4. The van der Waals surface area contributed by atoms with E-state index in [0.717, 1.165) is 5.92 Å². The minimum atomic E-state index is -0.180. The topological polar surface area (TPSA) is 44.8 Å². The SMILES string of the molecule is COc1cc(OC)c2c(c1)O/C(=C\[C]1[CH][CH][CH][CH]1)C2=O. The van der Waals surface area contributed by atoms with E-state index >= 15 is 0 Å². The molecule has 1 aromatic carbocycles. The van der Waals surface area contributed by atoms with Crippen molar-refractivity contribution in [2.24, 2.45) is 0 Å². The van der Waals surface area contributed by atoms with E-state index in [0.29, 0.717) is 22.8 Å². The van der Waals surface area contributed by atoms with Crippen LogP contribution in [0.2, 0.25) is 0 Å². The second kappa shape index (κ2) is 5.19. The highest BCUT2D eigenvalue weighted by atomic mass is 16.5. The first-order valence-corrected chi connectivity index (χ1v) is 6.15. The molecule has 4 heteroatoms. The Morgan fingerprint density at radius 3 is 2.50 bits per heavy atom. The molecule has 101 valence electrons. The second-order valence-corrected chi connectivity index (χ2v) is 4.36. The molecule has 1 saturated carbocycles. The van der Waals surface area contributed by atoms with E-state index in [4.69, 9.17) is 14.2 Å². The molecule has 1 aromatic rings. The molecule has 1 fully saturated rings. The van der Waals surface area contributed by atoms with Crippen LogP contribution in [0.25, 0.3) is 0 Å². The molecule has 0 aromatic heterocycles. The molecule has 0 saturated heterocycles. The smallest absolute Gasteiger partial charge is 0.235 e. The van der Waals surface area contributed by atoms with Gasteiger partial charge in [0.05, 0.1) is 14.2 Å². The van der Waals surface area contributed by atoms with Crippen LogP contribution in [0.4, 0.5) is 0 Å². The van der Waals surface area contributed by atoms with Crippen LogP contribution in [0.1, 0.15) is 10.4 Å². The molecule has 0 bridgehead atoms. The summed E-state index contributed by atoms with van der Waals surface area (Å²) < 4.78 is 16.0. The summed E-state index contributed by atoms with van der Waals surface area (Å²) in [5, 5.41) is 0. The Kier molecular flexibility index (Phi) is 3.38. The Morgan fingerprint density at radius 1 is 1.10 bits per heavy atom. The Bertz CT molecular complexity index is 568. The normalized spacial score (nSPS) is 20.1. The summed E-state index contributed by atoms with van der Waals surface area (Å²) in [5.41, 5.74) is 0.436. The Balaban J connectivity index is 1.97. The number of fused-ring (bicyclic) bond motifs is 1. The van der Waals surface area contributed by atoms with Gasteiger partial charge in [-0.1, -0.05) is 0 Å². The number of hydrogen-bond donors (Lipinski definition) is 0. The number of methoxy groups -OCH3 is 2. The largest absolute Gasteiger partial charge is 0.496 e. The summed E-state index contributed by atoms with van der Waals surface area (Å²) in [5.74, 6) is 2.53. The van der Waals surface area contributed by atoms with Crippen molar-refractivity contribution in [2.45, 2.75) is 0 Å². The van der Waals surface area contributed by atoms with Gasteiger partial charge in [-0.2, -0.15) is 0 Å². The van der Waals surface area contributed by atoms with Crippen molar-refractivity contribution in [2.75, 3.05) is 14.2 Å². The van der Waals surface area contributed by atoms with Crippen molar-refractivity contribution in [1.82, 2.24) is 0 Å². The quantitative estimate of drug-likeness (QED) is 0.791. The second-order valence-electron chi connectivity index (χ2n) is 4.36. The van der Waals surface area contributed by atoms with Crippen LogP contribution in [-0.2, 0) is 0 Å². The number of carbonyl (C=O) groups excluding carboxylic acids is 1. The fourth-order valence-electron chi connectivity index (χ4n) is 2.17. The Hall–Kier alpha value is -1.97. The maximum Gasteiger partial charge on any atom is 0.235 e. The van der Waals surface area contributed by atoms with E-state index in [2.05, 4.69) is 0 Å². The van der Waals surface area contributed by atoms with Gasteiger partial charge in [-0.15, -0.1) is 0 Å². The van der Waals surface area contributed by atoms with Crippen LogP contribution in [0.3, 0.4) is 0 Å². The molecule has 1 aliphatic heterocycles. The van der Waals surface area contributed by atoms with Crippen molar-refractivity contribution in [3.05, 3.63) is 61.1 Å². The highest BCUT2D eigenvalue weighted by molar-refractivity contribution is 6.14. The van der Waals surface area contributed by atoms with Crippen molar-refractivity contribution in [3.63, 3.8) is 0 Å². The third-order valence-corrected chi connectivity index (χ3v) is 3.15. The molecule has 5 radical (unpaired) electrons. The predicted molar refractivity (Wildman–Crippen MR) is 73.0 cm³/mol. The maximum absolute atomic E-state index is 12.4. The molecule has 2 aliphatic rings. The summed E-state index contributed by atoms with van der Waals surface area (Å²) in [4.78, 5) is 12.4. The van der Waals surface area contributed by atoms with Gasteiger partial charge in [0.15, 0.2) is 5.76 Å². The van der Waals surface area contributed by atoms with Crippen molar-refractivity contribution in [3.8, 4) is 17.2 Å². The summed E-state index contributed by atoms with van der Waals surface area (Å²) in [6.45, 7) is 0. The zero-order chi connectivity index (χ0) is 14.1. The van der Waals surface area contributed by atoms with Crippen LogP contribution < -0.4 is 14.2 Å². The van der Waals surface area contributed by atoms with Gasteiger partial charge in [0.1, 0.15) is 22.8 Å². The van der Waals surface area contributed by atoms with Crippen molar-refractivity contribution >= 4 is 5.78 Å². The van der Waals surface area contributed by atoms with Gasteiger partial charge in [0, 0.05) is 18.1 Å². The van der Waals surface area contributed by atoms with Gasteiger partial charge in [-0.25, -0.2) is 0 Å². The highest BCUT2D eigenvalue weighted by Crippen LogP contribution is 2.41. The Morgan fingerprint density at radius 2 is 1.85 bits per heavy atom. The summed E-state index contributed by atoms with van der Waals surface area (Å²) in [6, 6.07) is 3.35.